The van der Waals surface area contributed by atoms with Crippen LogP contribution in [0.3, 0.4) is 0 Å². The second-order valence-corrected chi connectivity index (χ2v) is 6.23. The summed E-state index contributed by atoms with van der Waals surface area (Å²) >= 11 is 0. The van der Waals surface area contributed by atoms with Crippen LogP contribution < -0.4 is 5.32 Å². The van der Waals surface area contributed by atoms with Gasteiger partial charge in [-0.3, -0.25) is 0 Å². The molecule has 0 atom stereocenters. The first-order chi connectivity index (χ1) is 11.2. The molecule has 5 nitrogen and oxygen atoms in total. The van der Waals surface area contributed by atoms with Crippen LogP contribution >= 0.6 is 0 Å². The van der Waals surface area contributed by atoms with Gasteiger partial charge < -0.3 is 10.1 Å². The maximum absolute atomic E-state index is 12.2. The van der Waals surface area contributed by atoms with Gasteiger partial charge in [-0.2, -0.15) is 0 Å². The standard InChI is InChI=1S/C18H23N3O2/c1-3-23-18(22)16-17(19-13-10-8-12(2)9-11-13)21-15-7-5-4-6-14(15)20-16/h4-7,12-13H,3,8-11H2,1-2H3,(H,19,21). The molecule has 0 bridgehead atoms. The zero-order valence-corrected chi connectivity index (χ0v) is 13.7. The average molecular weight is 313 g/mol. The third-order valence-corrected chi connectivity index (χ3v) is 4.40. The number of anilines is 1. The van der Waals surface area contributed by atoms with Crippen molar-refractivity contribution in [1.29, 1.82) is 0 Å². The maximum Gasteiger partial charge on any atom is 0.360 e. The number of aromatic nitrogens is 2. The van der Waals surface area contributed by atoms with Gasteiger partial charge in [0.2, 0.25) is 0 Å². The number of esters is 1. The van der Waals surface area contributed by atoms with Crippen LogP contribution in [0.5, 0.6) is 0 Å². The summed E-state index contributed by atoms with van der Waals surface area (Å²) in [7, 11) is 0. The molecule has 1 aliphatic rings. The molecule has 1 aromatic heterocycles. The van der Waals surface area contributed by atoms with Crippen LogP contribution in [0.1, 0.15) is 50.0 Å². The fourth-order valence-corrected chi connectivity index (χ4v) is 3.04. The van der Waals surface area contributed by atoms with Gasteiger partial charge in [0, 0.05) is 6.04 Å². The molecule has 0 spiro atoms. The third-order valence-electron chi connectivity index (χ3n) is 4.40. The van der Waals surface area contributed by atoms with E-state index >= 15 is 0 Å². The zero-order valence-electron chi connectivity index (χ0n) is 13.7. The van der Waals surface area contributed by atoms with Crippen LogP contribution in [-0.2, 0) is 4.74 Å². The summed E-state index contributed by atoms with van der Waals surface area (Å²) in [4.78, 5) is 21.3. The van der Waals surface area contributed by atoms with Gasteiger partial charge in [0.1, 0.15) is 0 Å². The first kappa shape index (κ1) is 15.7. The van der Waals surface area contributed by atoms with E-state index in [4.69, 9.17) is 4.74 Å². The van der Waals surface area contributed by atoms with Crippen molar-refractivity contribution in [3.8, 4) is 0 Å². The quantitative estimate of drug-likeness (QED) is 0.870. The highest BCUT2D eigenvalue weighted by Gasteiger charge is 2.23. The number of benzene rings is 1. The number of carbonyl (C=O) groups excluding carboxylic acids is 1. The molecule has 5 heteroatoms. The molecule has 2 aromatic rings. The number of fused-ring (bicyclic) bond motifs is 1. The van der Waals surface area contributed by atoms with Crippen molar-refractivity contribution in [1.82, 2.24) is 9.97 Å². The van der Waals surface area contributed by atoms with E-state index in [9.17, 15) is 4.79 Å². The van der Waals surface area contributed by atoms with Gasteiger partial charge in [-0.1, -0.05) is 19.1 Å². The van der Waals surface area contributed by atoms with E-state index in [0.29, 0.717) is 24.0 Å². The highest BCUT2D eigenvalue weighted by Crippen LogP contribution is 2.27. The molecule has 0 saturated heterocycles. The molecule has 1 heterocycles. The van der Waals surface area contributed by atoms with Gasteiger partial charge in [0.25, 0.3) is 0 Å². The Bertz CT molecular complexity index is 694. The highest BCUT2D eigenvalue weighted by molar-refractivity contribution is 5.95. The maximum atomic E-state index is 12.2. The molecule has 1 saturated carbocycles. The van der Waals surface area contributed by atoms with Gasteiger partial charge in [-0.15, -0.1) is 0 Å². The van der Waals surface area contributed by atoms with E-state index in [1.54, 1.807) is 6.92 Å². The summed E-state index contributed by atoms with van der Waals surface area (Å²) in [6, 6.07) is 7.92. The molecule has 0 amide bonds. The molecule has 1 aliphatic carbocycles. The fraction of sp³-hybridized carbons (Fsp3) is 0.500. The van der Waals surface area contributed by atoms with Crippen molar-refractivity contribution in [2.75, 3.05) is 11.9 Å². The summed E-state index contributed by atoms with van der Waals surface area (Å²) < 4.78 is 5.14. The van der Waals surface area contributed by atoms with Gasteiger partial charge in [-0.05, 0) is 50.7 Å². The van der Waals surface area contributed by atoms with Crippen molar-refractivity contribution < 1.29 is 9.53 Å². The predicted octanol–water partition coefficient (Wildman–Crippen LogP) is 3.80. The van der Waals surface area contributed by atoms with E-state index in [-0.39, 0.29) is 5.69 Å². The minimum atomic E-state index is -0.419. The summed E-state index contributed by atoms with van der Waals surface area (Å²) in [5, 5.41) is 3.43. The topological polar surface area (TPSA) is 64.1 Å². The molecular weight excluding hydrogens is 290 g/mol. The molecule has 122 valence electrons. The first-order valence-corrected chi connectivity index (χ1v) is 8.37. The fourth-order valence-electron chi connectivity index (χ4n) is 3.04. The molecule has 0 unspecified atom stereocenters. The van der Waals surface area contributed by atoms with Crippen LogP contribution in [0.25, 0.3) is 11.0 Å². The highest BCUT2D eigenvalue weighted by atomic mass is 16.5. The monoisotopic (exact) mass is 313 g/mol. The largest absolute Gasteiger partial charge is 0.461 e. The van der Waals surface area contributed by atoms with Gasteiger partial charge in [-0.25, -0.2) is 14.8 Å². The van der Waals surface area contributed by atoms with Crippen molar-refractivity contribution in [2.24, 2.45) is 5.92 Å². The lowest BCUT2D eigenvalue weighted by Crippen LogP contribution is -2.27. The molecule has 1 fully saturated rings. The number of para-hydroxylation sites is 2. The molecule has 1 aromatic carbocycles. The lowest BCUT2D eigenvalue weighted by atomic mass is 9.87. The number of ether oxygens (including phenoxy) is 1. The summed E-state index contributed by atoms with van der Waals surface area (Å²) in [5.74, 6) is 0.902. The van der Waals surface area contributed by atoms with E-state index in [2.05, 4.69) is 22.2 Å². The van der Waals surface area contributed by atoms with Gasteiger partial charge >= 0.3 is 5.97 Å². The van der Waals surface area contributed by atoms with Gasteiger partial charge in [0.15, 0.2) is 11.5 Å². The second-order valence-electron chi connectivity index (χ2n) is 6.23. The molecule has 1 N–H and O–H groups in total. The first-order valence-electron chi connectivity index (χ1n) is 8.37. The third kappa shape index (κ3) is 3.60. The van der Waals surface area contributed by atoms with Crippen LogP contribution in [0.15, 0.2) is 24.3 Å². The predicted molar refractivity (Wildman–Crippen MR) is 90.5 cm³/mol. The molecule has 0 radical (unpaired) electrons. The number of carbonyl (C=O) groups is 1. The Hall–Kier alpha value is -2.17. The van der Waals surface area contributed by atoms with Crippen LogP contribution in [0, 0.1) is 5.92 Å². The number of nitrogens with one attached hydrogen (secondary N) is 1. The molecule has 23 heavy (non-hydrogen) atoms. The summed E-state index contributed by atoms with van der Waals surface area (Å²) in [6.45, 7) is 4.41. The van der Waals surface area contributed by atoms with Crippen molar-refractivity contribution in [3.05, 3.63) is 30.0 Å². The minimum absolute atomic E-state index is 0.282. The van der Waals surface area contributed by atoms with E-state index in [0.717, 1.165) is 24.3 Å². The lowest BCUT2D eigenvalue weighted by molar-refractivity contribution is 0.0520. The Kier molecular flexibility index (Phi) is 4.74. The van der Waals surface area contributed by atoms with Crippen molar-refractivity contribution in [3.63, 3.8) is 0 Å². The SMILES string of the molecule is CCOC(=O)c1nc2ccccc2nc1NC1CCC(C)CC1. The summed E-state index contributed by atoms with van der Waals surface area (Å²) in [5.41, 5.74) is 1.77. The molecule has 0 aliphatic heterocycles. The van der Waals surface area contributed by atoms with Gasteiger partial charge in [0.05, 0.1) is 17.6 Å². The average Bonchev–Trinajstić information content (AvgIpc) is 2.56. The second kappa shape index (κ2) is 6.94. The Morgan fingerprint density at radius 2 is 1.83 bits per heavy atom. The van der Waals surface area contributed by atoms with Crippen molar-refractivity contribution >= 4 is 22.8 Å². The Balaban J connectivity index is 1.92. The number of nitrogens with zero attached hydrogens (tertiary/aromatic N) is 2. The van der Waals surface area contributed by atoms with Crippen molar-refractivity contribution in [2.45, 2.75) is 45.6 Å². The molecule has 3 rings (SSSR count). The lowest BCUT2D eigenvalue weighted by Gasteiger charge is -2.27. The molecular formula is C18H23N3O2. The van der Waals surface area contributed by atoms with E-state index < -0.39 is 5.97 Å². The van der Waals surface area contributed by atoms with Crippen LogP contribution in [0.4, 0.5) is 5.82 Å². The number of hydrogen-bond acceptors (Lipinski definition) is 5. The van der Waals surface area contributed by atoms with E-state index in [1.807, 2.05) is 24.3 Å². The minimum Gasteiger partial charge on any atom is -0.461 e. The Morgan fingerprint density at radius 1 is 1.17 bits per heavy atom. The number of rotatable bonds is 4. The van der Waals surface area contributed by atoms with Crippen LogP contribution in [-0.4, -0.2) is 28.6 Å². The normalized spacial score (nSPS) is 21.1. The zero-order chi connectivity index (χ0) is 16.2. The Morgan fingerprint density at radius 3 is 2.48 bits per heavy atom. The Labute approximate surface area is 136 Å². The van der Waals surface area contributed by atoms with Crippen LogP contribution in [0.2, 0.25) is 0 Å². The smallest absolute Gasteiger partial charge is 0.360 e. The van der Waals surface area contributed by atoms with E-state index in [1.165, 1.54) is 12.8 Å². The summed E-state index contributed by atoms with van der Waals surface area (Å²) in [6.07, 6.45) is 4.59. The number of hydrogen-bond donors (Lipinski definition) is 1.